The SMILES string of the molecule is C=C1C=CC(/C=C/C(=C)C(C)(C)c2ccccc2C)=CC1=Nc1ccccc1C. The van der Waals surface area contributed by atoms with Gasteiger partial charge in [0, 0.05) is 5.41 Å². The highest BCUT2D eigenvalue weighted by Crippen LogP contribution is 2.33. The van der Waals surface area contributed by atoms with E-state index >= 15 is 0 Å². The first-order valence-electron chi connectivity index (χ1n) is 9.96. The molecule has 0 unspecified atom stereocenters. The molecule has 0 heterocycles. The topological polar surface area (TPSA) is 12.4 Å². The molecular formula is C28H29N. The summed E-state index contributed by atoms with van der Waals surface area (Å²) in [5.41, 5.74) is 8.56. The summed E-state index contributed by atoms with van der Waals surface area (Å²) in [6.07, 6.45) is 10.4. The molecule has 1 aliphatic carbocycles. The lowest BCUT2D eigenvalue weighted by molar-refractivity contribution is 0.637. The van der Waals surface area contributed by atoms with E-state index in [9.17, 15) is 0 Å². The molecule has 1 heteroatoms. The van der Waals surface area contributed by atoms with Gasteiger partial charge in [0.15, 0.2) is 0 Å². The zero-order valence-electron chi connectivity index (χ0n) is 17.9. The van der Waals surface area contributed by atoms with E-state index in [1.807, 2.05) is 24.3 Å². The maximum absolute atomic E-state index is 4.82. The molecule has 0 N–H and O–H groups in total. The fraction of sp³-hybridized carbons (Fsp3) is 0.179. The van der Waals surface area contributed by atoms with Gasteiger partial charge in [-0.1, -0.05) is 93.8 Å². The summed E-state index contributed by atoms with van der Waals surface area (Å²) in [5.74, 6) is 0. The predicted octanol–water partition coefficient (Wildman–Crippen LogP) is 7.52. The van der Waals surface area contributed by atoms with Gasteiger partial charge >= 0.3 is 0 Å². The second kappa shape index (κ2) is 8.45. The molecule has 146 valence electrons. The van der Waals surface area contributed by atoms with Gasteiger partial charge in [-0.3, -0.25) is 0 Å². The predicted molar refractivity (Wildman–Crippen MR) is 127 cm³/mol. The summed E-state index contributed by atoms with van der Waals surface area (Å²) in [6.45, 7) is 17.2. The Hall–Kier alpha value is -3.19. The summed E-state index contributed by atoms with van der Waals surface area (Å²) in [4.78, 5) is 4.82. The van der Waals surface area contributed by atoms with Crippen LogP contribution in [-0.4, -0.2) is 5.71 Å². The molecule has 2 aromatic carbocycles. The number of aryl methyl sites for hydroxylation is 2. The molecule has 0 amide bonds. The molecule has 29 heavy (non-hydrogen) atoms. The number of benzene rings is 2. The Labute approximate surface area is 175 Å². The molecule has 0 bridgehead atoms. The van der Waals surface area contributed by atoms with Gasteiger partial charge in [-0.05, 0) is 59.4 Å². The average Bonchev–Trinajstić information content (AvgIpc) is 2.70. The number of aliphatic imine (C=N–C) groups is 1. The Kier molecular flexibility index (Phi) is 5.98. The lowest BCUT2D eigenvalue weighted by atomic mass is 9.76. The Morgan fingerprint density at radius 1 is 0.931 bits per heavy atom. The van der Waals surface area contributed by atoms with Gasteiger partial charge in [0.05, 0.1) is 11.4 Å². The highest BCUT2D eigenvalue weighted by molar-refractivity contribution is 6.13. The number of allylic oxidation sites excluding steroid dienone is 8. The summed E-state index contributed by atoms with van der Waals surface area (Å²) in [7, 11) is 0. The first-order chi connectivity index (χ1) is 13.8. The molecule has 1 nitrogen and oxygen atoms in total. The zero-order valence-corrected chi connectivity index (χ0v) is 17.9. The number of rotatable bonds is 5. The normalized spacial score (nSPS) is 15.8. The Morgan fingerprint density at radius 2 is 1.59 bits per heavy atom. The van der Waals surface area contributed by atoms with Crippen LogP contribution in [0.3, 0.4) is 0 Å². The molecule has 0 aromatic heterocycles. The standard InChI is InChI=1S/C28H29N/c1-20-11-7-9-13-25(20)28(5,6)23(4)16-18-24-17-15-22(3)27(19-24)29-26-14-10-8-12-21(26)2/h7-19H,3-4H2,1-2,5-6H3/b18-16+,29-27?. The molecule has 1 aliphatic rings. The van der Waals surface area contributed by atoms with E-state index in [0.29, 0.717) is 0 Å². The Balaban J connectivity index is 1.85. The number of para-hydroxylation sites is 1. The Morgan fingerprint density at radius 3 is 2.28 bits per heavy atom. The molecule has 0 aliphatic heterocycles. The Bertz CT molecular complexity index is 1070. The molecule has 3 rings (SSSR count). The van der Waals surface area contributed by atoms with Crippen molar-refractivity contribution < 1.29 is 0 Å². The van der Waals surface area contributed by atoms with Crippen molar-refractivity contribution in [3.05, 3.63) is 125 Å². The van der Waals surface area contributed by atoms with Gasteiger partial charge in [0.25, 0.3) is 0 Å². The van der Waals surface area contributed by atoms with Crippen molar-refractivity contribution in [2.45, 2.75) is 33.1 Å². The number of hydrogen-bond donors (Lipinski definition) is 0. The maximum atomic E-state index is 4.82. The fourth-order valence-corrected chi connectivity index (χ4v) is 3.46. The van der Waals surface area contributed by atoms with Crippen LogP contribution in [0.5, 0.6) is 0 Å². The van der Waals surface area contributed by atoms with Crippen molar-refractivity contribution in [2.75, 3.05) is 0 Å². The molecule has 0 saturated heterocycles. The average molecular weight is 380 g/mol. The summed E-state index contributed by atoms with van der Waals surface area (Å²) in [5, 5.41) is 0. The lowest BCUT2D eigenvalue weighted by Crippen LogP contribution is -2.20. The lowest BCUT2D eigenvalue weighted by Gasteiger charge is -2.28. The van der Waals surface area contributed by atoms with Gasteiger partial charge < -0.3 is 0 Å². The minimum atomic E-state index is -0.136. The van der Waals surface area contributed by atoms with Crippen LogP contribution in [0.1, 0.15) is 30.5 Å². The molecule has 0 radical (unpaired) electrons. The second-order valence-corrected chi connectivity index (χ2v) is 8.08. The van der Waals surface area contributed by atoms with Crippen LogP contribution in [0, 0.1) is 13.8 Å². The highest BCUT2D eigenvalue weighted by atomic mass is 14.7. The van der Waals surface area contributed by atoms with Crippen LogP contribution < -0.4 is 0 Å². The molecular weight excluding hydrogens is 350 g/mol. The second-order valence-electron chi connectivity index (χ2n) is 8.08. The van der Waals surface area contributed by atoms with Gasteiger partial charge in [-0.25, -0.2) is 4.99 Å². The number of hydrogen-bond acceptors (Lipinski definition) is 1. The zero-order chi connectivity index (χ0) is 21.0. The van der Waals surface area contributed by atoms with Crippen LogP contribution in [0.4, 0.5) is 5.69 Å². The number of nitrogens with zero attached hydrogens (tertiary/aromatic N) is 1. The maximum Gasteiger partial charge on any atom is 0.0709 e. The smallest absolute Gasteiger partial charge is 0.0709 e. The van der Waals surface area contributed by atoms with Crippen molar-refractivity contribution >= 4 is 11.4 Å². The third kappa shape index (κ3) is 4.63. The molecule has 0 atom stereocenters. The van der Waals surface area contributed by atoms with Crippen molar-refractivity contribution in [1.29, 1.82) is 0 Å². The highest BCUT2D eigenvalue weighted by Gasteiger charge is 2.24. The largest absolute Gasteiger partial charge is 0.248 e. The van der Waals surface area contributed by atoms with E-state index in [1.165, 1.54) is 11.1 Å². The molecule has 0 saturated carbocycles. The third-order valence-corrected chi connectivity index (χ3v) is 5.56. The van der Waals surface area contributed by atoms with Crippen LogP contribution in [0.25, 0.3) is 0 Å². The summed E-state index contributed by atoms with van der Waals surface area (Å²) in [6, 6.07) is 16.6. The van der Waals surface area contributed by atoms with Crippen LogP contribution in [0.2, 0.25) is 0 Å². The van der Waals surface area contributed by atoms with E-state index in [2.05, 4.69) is 95.5 Å². The van der Waals surface area contributed by atoms with Crippen molar-refractivity contribution in [3.8, 4) is 0 Å². The summed E-state index contributed by atoms with van der Waals surface area (Å²) >= 11 is 0. The van der Waals surface area contributed by atoms with E-state index in [-0.39, 0.29) is 5.41 Å². The fourth-order valence-electron chi connectivity index (χ4n) is 3.46. The van der Waals surface area contributed by atoms with Crippen molar-refractivity contribution in [3.63, 3.8) is 0 Å². The van der Waals surface area contributed by atoms with Crippen LogP contribution in [-0.2, 0) is 5.41 Å². The van der Waals surface area contributed by atoms with Crippen molar-refractivity contribution in [2.24, 2.45) is 4.99 Å². The molecule has 0 fully saturated rings. The van der Waals surface area contributed by atoms with Gasteiger partial charge in [-0.2, -0.15) is 0 Å². The minimum absolute atomic E-state index is 0.136. The molecule has 2 aromatic rings. The first-order valence-corrected chi connectivity index (χ1v) is 9.96. The molecule has 0 spiro atoms. The quantitative estimate of drug-likeness (QED) is 0.476. The van der Waals surface area contributed by atoms with Crippen LogP contribution in [0.15, 0.2) is 114 Å². The van der Waals surface area contributed by atoms with E-state index in [1.54, 1.807) is 0 Å². The van der Waals surface area contributed by atoms with Crippen molar-refractivity contribution in [1.82, 2.24) is 0 Å². The summed E-state index contributed by atoms with van der Waals surface area (Å²) < 4.78 is 0. The van der Waals surface area contributed by atoms with E-state index in [4.69, 9.17) is 4.99 Å². The van der Waals surface area contributed by atoms with Gasteiger partial charge in [-0.15, -0.1) is 0 Å². The van der Waals surface area contributed by atoms with E-state index < -0.39 is 0 Å². The minimum Gasteiger partial charge on any atom is -0.248 e. The van der Waals surface area contributed by atoms with Gasteiger partial charge in [0.2, 0.25) is 0 Å². The monoisotopic (exact) mass is 379 g/mol. The van der Waals surface area contributed by atoms with Gasteiger partial charge in [0.1, 0.15) is 0 Å². The third-order valence-electron chi connectivity index (χ3n) is 5.56. The first kappa shape index (κ1) is 20.5. The van der Waals surface area contributed by atoms with Crippen LogP contribution >= 0.6 is 0 Å². The van der Waals surface area contributed by atoms with E-state index in [0.717, 1.165) is 33.7 Å².